The highest BCUT2D eigenvalue weighted by Gasteiger charge is 2.19. The molecule has 1 unspecified atom stereocenters. The van der Waals surface area contributed by atoms with Gasteiger partial charge in [-0.3, -0.25) is 4.98 Å². The Morgan fingerprint density at radius 1 is 1.33 bits per heavy atom. The Morgan fingerprint density at radius 3 is 3.00 bits per heavy atom. The molecule has 0 spiro atoms. The van der Waals surface area contributed by atoms with Crippen LogP contribution in [-0.4, -0.2) is 18.1 Å². The topological polar surface area (TPSA) is 34.1 Å². The first-order chi connectivity index (χ1) is 10.3. The van der Waals surface area contributed by atoms with Crippen LogP contribution in [0.15, 0.2) is 36.5 Å². The van der Waals surface area contributed by atoms with Gasteiger partial charge in [0, 0.05) is 6.42 Å². The maximum absolute atomic E-state index is 13.1. The van der Waals surface area contributed by atoms with Gasteiger partial charge in [0.1, 0.15) is 11.6 Å². The van der Waals surface area contributed by atoms with Crippen LogP contribution >= 0.6 is 0 Å². The van der Waals surface area contributed by atoms with Crippen molar-refractivity contribution in [2.24, 2.45) is 0 Å². The van der Waals surface area contributed by atoms with Crippen molar-refractivity contribution in [2.45, 2.75) is 25.8 Å². The van der Waals surface area contributed by atoms with Gasteiger partial charge in [-0.05, 0) is 42.3 Å². The summed E-state index contributed by atoms with van der Waals surface area (Å²) in [6.45, 7) is 3.76. The van der Waals surface area contributed by atoms with Gasteiger partial charge in [0.2, 0.25) is 0 Å². The summed E-state index contributed by atoms with van der Waals surface area (Å²) in [6, 6.07) is 9.42. The molecular formula is C17H19FN2O. The van der Waals surface area contributed by atoms with E-state index in [1.54, 1.807) is 6.07 Å². The Kier molecular flexibility index (Phi) is 4.15. The van der Waals surface area contributed by atoms with Gasteiger partial charge in [-0.25, -0.2) is 4.39 Å². The minimum absolute atomic E-state index is 0.0172. The SMILES string of the molecule is CCCNC(c1ccc2c(c1)CCO2)c1ccc(F)cn1. The number of ether oxygens (including phenoxy) is 1. The predicted octanol–water partition coefficient (Wildman–Crippen LogP) is 3.24. The van der Waals surface area contributed by atoms with Crippen molar-refractivity contribution in [3.8, 4) is 5.75 Å². The number of aromatic nitrogens is 1. The lowest BCUT2D eigenvalue weighted by Gasteiger charge is -2.19. The van der Waals surface area contributed by atoms with Crippen LogP contribution in [0, 0.1) is 5.82 Å². The van der Waals surface area contributed by atoms with E-state index in [4.69, 9.17) is 4.74 Å². The summed E-state index contributed by atoms with van der Waals surface area (Å²) in [6.07, 6.45) is 3.25. The molecule has 2 aromatic rings. The van der Waals surface area contributed by atoms with Crippen molar-refractivity contribution in [3.05, 3.63) is 59.2 Å². The molecule has 0 aliphatic carbocycles. The number of hydrogen-bond acceptors (Lipinski definition) is 3. The van der Waals surface area contributed by atoms with Crippen molar-refractivity contribution in [2.75, 3.05) is 13.2 Å². The second kappa shape index (κ2) is 6.22. The molecule has 0 amide bonds. The first-order valence-electron chi connectivity index (χ1n) is 7.38. The highest BCUT2D eigenvalue weighted by Crippen LogP contribution is 2.30. The molecule has 1 N–H and O–H groups in total. The summed E-state index contributed by atoms with van der Waals surface area (Å²) in [5.41, 5.74) is 3.22. The van der Waals surface area contributed by atoms with Gasteiger partial charge in [0.05, 0.1) is 24.5 Å². The number of pyridine rings is 1. The average Bonchev–Trinajstić information content (AvgIpc) is 2.97. The molecule has 3 rings (SSSR count). The smallest absolute Gasteiger partial charge is 0.141 e. The fourth-order valence-electron chi connectivity index (χ4n) is 2.63. The molecule has 1 aliphatic rings. The molecule has 0 radical (unpaired) electrons. The number of nitrogens with one attached hydrogen (secondary N) is 1. The first kappa shape index (κ1) is 14.0. The second-order valence-corrected chi connectivity index (χ2v) is 5.25. The second-order valence-electron chi connectivity index (χ2n) is 5.25. The Hall–Kier alpha value is -1.94. The van der Waals surface area contributed by atoms with Gasteiger partial charge >= 0.3 is 0 Å². The van der Waals surface area contributed by atoms with Crippen LogP contribution in [0.3, 0.4) is 0 Å². The van der Waals surface area contributed by atoms with Gasteiger partial charge < -0.3 is 10.1 Å². The Labute approximate surface area is 124 Å². The van der Waals surface area contributed by atoms with Crippen LogP contribution in [0.5, 0.6) is 5.75 Å². The fraction of sp³-hybridized carbons (Fsp3) is 0.353. The number of halogens is 1. The normalized spacial score (nSPS) is 14.6. The molecule has 1 aromatic heterocycles. The standard InChI is InChI=1S/C17H19FN2O/c1-2-8-19-17(15-5-4-14(18)11-20-15)13-3-6-16-12(10-13)7-9-21-16/h3-6,10-11,17,19H,2,7-9H2,1H3. The van der Waals surface area contributed by atoms with Crippen molar-refractivity contribution in [3.63, 3.8) is 0 Å². The summed E-state index contributed by atoms with van der Waals surface area (Å²) in [5, 5.41) is 3.49. The first-order valence-corrected chi connectivity index (χ1v) is 7.38. The van der Waals surface area contributed by atoms with Crippen LogP contribution in [-0.2, 0) is 6.42 Å². The highest BCUT2D eigenvalue weighted by molar-refractivity contribution is 5.42. The summed E-state index contributed by atoms with van der Waals surface area (Å²) >= 11 is 0. The van der Waals surface area contributed by atoms with Crippen LogP contribution in [0.4, 0.5) is 4.39 Å². The molecule has 1 aromatic carbocycles. The van der Waals surface area contributed by atoms with Crippen molar-refractivity contribution >= 4 is 0 Å². The summed E-state index contributed by atoms with van der Waals surface area (Å²) < 4.78 is 18.6. The number of fused-ring (bicyclic) bond motifs is 1. The lowest BCUT2D eigenvalue weighted by atomic mass is 9.99. The van der Waals surface area contributed by atoms with E-state index in [0.717, 1.165) is 43.0 Å². The number of nitrogens with zero attached hydrogens (tertiary/aromatic N) is 1. The molecule has 0 saturated carbocycles. The van der Waals surface area contributed by atoms with Gasteiger partial charge in [0.25, 0.3) is 0 Å². The number of hydrogen-bond donors (Lipinski definition) is 1. The minimum Gasteiger partial charge on any atom is -0.493 e. The molecule has 3 nitrogen and oxygen atoms in total. The molecule has 0 saturated heterocycles. The fourth-order valence-corrected chi connectivity index (χ4v) is 2.63. The molecule has 4 heteroatoms. The molecule has 21 heavy (non-hydrogen) atoms. The molecule has 2 heterocycles. The van der Waals surface area contributed by atoms with Crippen LogP contribution < -0.4 is 10.1 Å². The van der Waals surface area contributed by atoms with E-state index in [2.05, 4.69) is 29.4 Å². The zero-order valence-electron chi connectivity index (χ0n) is 12.1. The van der Waals surface area contributed by atoms with E-state index in [1.807, 2.05) is 6.07 Å². The van der Waals surface area contributed by atoms with E-state index >= 15 is 0 Å². The van der Waals surface area contributed by atoms with E-state index < -0.39 is 0 Å². The average molecular weight is 286 g/mol. The molecule has 1 atom stereocenters. The van der Waals surface area contributed by atoms with Crippen molar-refractivity contribution < 1.29 is 9.13 Å². The Morgan fingerprint density at radius 2 is 2.24 bits per heavy atom. The molecule has 1 aliphatic heterocycles. The maximum atomic E-state index is 13.1. The van der Waals surface area contributed by atoms with Crippen LogP contribution in [0.2, 0.25) is 0 Å². The molecule has 0 bridgehead atoms. The van der Waals surface area contributed by atoms with Gasteiger partial charge in [-0.1, -0.05) is 19.1 Å². The Balaban J connectivity index is 1.93. The predicted molar refractivity (Wildman–Crippen MR) is 80.0 cm³/mol. The minimum atomic E-state index is -0.310. The molecule has 0 fully saturated rings. The highest BCUT2D eigenvalue weighted by atomic mass is 19.1. The van der Waals surface area contributed by atoms with Crippen molar-refractivity contribution in [1.82, 2.24) is 10.3 Å². The third-order valence-electron chi connectivity index (χ3n) is 3.69. The zero-order chi connectivity index (χ0) is 14.7. The van der Waals surface area contributed by atoms with Gasteiger partial charge in [-0.2, -0.15) is 0 Å². The summed E-state index contributed by atoms with van der Waals surface area (Å²) in [4.78, 5) is 4.23. The van der Waals surface area contributed by atoms with E-state index in [9.17, 15) is 4.39 Å². The number of rotatable bonds is 5. The largest absolute Gasteiger partial charge is 0.493 e. The van der Waals surface area contributed by atoms with Crippen LogP contribution in [0.1, 0.15) is 36.2 Å². The lowest BCUT2D eigenvalue weighted by Crippen LogP contribution is -2.24. The zero-order valence-corrected chi connectivity index (χ0v) is 12.1. The van der Waals surface area contributed by atoms with Gasteiger partial charge in [-0.15, -0.1) is 0 Å². The lowest BCUT2D eigenvalue weighted by molar-refractivity contribution is 0.357. The Bertz CT molecular complexity index is 613. The quantitative estimate of drug-likeness (QED) is 0.916. The van der Waals surface area contributed by atoms with Crippen molar-refractivity contribution in [1.29, 1.82) is 0 Å². The van der Waals surface area contributed by atoms with Crippen LogP contribution in [0.25, 0.3) is 0 Å². The monoisotopic (exact) mass is 286 g/mol. The number of benzene rings is 1. The maximum Gasteiger partial charge on any atom is 0.141 e. The van der Waals surface area contributed by atoms with Gasteiger partial charge in [0.15, 0.2) is 0 Å². The summed E-state index contributed by atoms with van der Waals surface area (Å²) in [5.74, 6) is 0.662. The van der Waals surface area contributed by atoms with E-state index in [-0.39, 0.29) is 11.9 Å². The third kappa shape index (κ3) is 3.05. The van der Waals surface area contributed by atoms with E-state index in [0.29, 0.717) is 0 Å². The third-order valence-corrected chi connectivity index (χ3v) is 3.69. The molecule has 110 valence electrons. The van der Waals surface area contributed by atoms with E-state index in [1.165, 1.54) is 17.8 Å². The summed E-state index contributed by atoms with van der Waals surface area (Å²) in [7, 11) is 0. The molecular weight excluding hydrogens is 267 g/mol.